The van der Waals surface area contributed by atoms with Crippen molar-refractivity contribution in [2.24, 2.45) is 11.1 Å². The summed E-state index contributed by atoms with van der Waals surface area (Å²) in [7, 11) is 0. The Morgan fingerprint density at radius 2 is 1.65 bits per heavy atom. The lowest BCUT2D eigenvalue weighted by atomic mass is 9.82. The minimum absolute atomic E-state index is 0.190. The van der Waals surface area contributed by atoms with Crippen LogP contribution in [0.15, 0.2) is 0 Å². The quantitative estimate of drug-likeness (QED) is 0.802. The van der Waals surface area contributed by atoms with E-state index in [1.165, 1.54) is 12.8 Å². The van der Waals surface area contributed by atoms with Crippen LogP contribution in [0.5, 0.6) is 0 Å². The van der Waals surface area contributed by atoms with E-state index in [1.807, 2.05) is 4.90 Å². The molecular weight excluding hydrogens is 212 g/mol. The zero-order valence-corrected chi connectivity index (χ0v) is 11.3. The Morgan fingerprint density at radius 3 is 2.18 bits per heavy atom. The molecule has 0 radical (unpaired) electrons. The van der Waals surface area contributed by atoms with Crippen LogP contribution in [0.4, 0.5) is 0 Å². The first kappa shape index (κ1) is 12.9. The maximum absolute atomic E-state index is 12.2. The smallest absolute Gasteiger partial charge is 0.224 e. The van der Waals surface area contributed by atoms with Crippen molar-refractivity contribution in [3.8, 4) is 0 Å². The van der Waals surface area contributed by atoms with Gasteiger partial charge in [-0.15, -0.1) is 0 Å². The van der Waals surface area contributed by atoms with E-state index in [0.29, 0.717) is 11.8 Å². The summed E-state index contributed by atoms with van der Waals surface area (Å²) >= 11 is 0. The summed E-state index contributed by atoms with van der Waals surface area (Å²) in [4.78, 5) is 14.2. The molecule has 1 aliphatic carbocycles. The molecule has 0 spiro atoms. The molecule has 1 heterocycles. The first-order valence-corrected chi connectivity index (χ1v) is 6.97. The number of nitrogens with zero attached hydrogens (tertiary/aromatic N) is 1. The number of nitrogens with two attached hydrogens (primary N) is 1. The molecule has 1 saturated carbocycles. The van der Waals surface area contributed by atoms with Crippen LogP contribution in [0, 0.1) is 5.41 Å². The van der Waals surface area contributed by atoms with E-state index in [9.17, 15) is 4.79 Å². The Labute approximate surface area is 105 Å². The van der Waals surface area contributed by atoms with Gasteiger partial charge in [0.15, 0.2) is 0 Å². The Balaban J connectivity index is 1.85. The number of carbonyl (C=O) groups is 1. The van der Waals surface area contributed by atoms with Crippen molar-refractivity contribution in [3.05, 3.63) is 0 Å². The number of rotatable bonds is 2. The summed E-state index contributed by atoms with van der Waals surface area (Å²) in [6, 6.07) is 0. The number of likely N-dealkylation sites (tertiary alicyclic amines) is 1. The van der Waals surface area contributed by atoms with E-state index in [4.69, 9.17) is 5.73 Å². The summed E-state index contributed by atoms with van der Waals surface area (Å²) in [5, 5.41) is 0. The Bertz CT molecular complexity index is 283. The van der Waals surface area contributed by atoms with Gasteiger partial charge in [-0.3, -0.25) is 4.79 Å². The average Bonchev–Trinajstić information content (AvgIpc) is 2.64. The molecule has 0 unspecified atom stereocenters. The molecule has 2 N–H and O–H groups in total. The number of amides is 1. The fourth-order valence-electron chi connectivity index (χ4n) is 3.03. The third-order valence-corrected chi connectivity index (χ3v) is 4.57. The standard InChI is InChI=1S/C14H26N2O/c1-13(2)7-9-16(10-8-13)12(17)11-14(15)5-3-4-6-14/h3-11,15H2,1-2H3. The van der Waals surface area contributed by atoms with Gasteiger partial charge >= 0.3 is 0 Å². The second-order valence-corrected chi connectivity index (χ2v) is 6.79. The Kier molecular flexibility index (Phi) is 3.48. The molecule has 1 amide bonds. The molecule has 1 saturated heterocycles. The minimum atomic E-state index is -0.190. The molecule has 2 rings (SSSR count). The zero-order chi connectivity index (χ0) is 12.5. The summed E-state index contributed by atoms with van der Waals surface area (Å²) in [5.74, 6) is 0.282. The maximum Gasteiger partial charge on any atom is 0.224 e. The van der Waals surface area contributed by atoms with E-state index in [-0.39, 0.29) is 11.4 Å². The van der Waals surface area contributed by atoms with Crippen molar-refractivity contribution in [3.63, 3.8) is 0 Å². The van der Waals surface area contributed by atoms with E-state index in [2.05, 4.69) is 13.8 Å². The molecule has 0 aromatic carbocycles. The lowest BCUT2D eigenvalue weighted by Crippen LogP contribution is -2.47. The number of carbonyl (C=O) groups excluding carboxylic acids is 1. The highest BCUT2D eigenvalue weighted by atomic mass is 16.2. The topological polar surface area (TPSA) is 46.3 Å². The van der Waals surface area contributed by atoms with Crippen LogP contribution in [0.2, 0.25) is 0 Å². The Hall–Kier alpha value is -0.570. The summed E-state index contributed by atoms with van der Waals surface area (Å²) in [5.41, 5.74) is 6.49. The van der Waals surface area contributed by atoms with Crippen LogP contribution in [0.1, 0.15) is 58.8 Å². The van der Waals surface area contributed by atoms with Gasteiger partial charge in [-0.25, -0.2) is 0 Å². The van der Waals surface area contributed by atoms with Crippen LogP contribution in [0.25, 0.3) is 0 Å². The van der Waals surface area contributed by atoms with Gasteiger partial charge in [0.2, 0.25) is 5.91 Å². The van der Waals surface area contributed by atoms with Gasteiger partial charge in [0.05, 0.1) is 0 Å². The lowest BCUT2D eigenvalue weighted by Gasteiger charge is -2.38. The normalized spacial score (nSPS) is 27.1. The number of hydrogen-bond acceptors (Lipinski definition) is 2. The molecule has 0 bridgehead atoms. The third kappa shape index (κ3) is 3.21. The van der Waals surface area contributed by atoms with Crippen LogP contribution in [-0.2, 0) is 4.79 Å². The van der Waals surface area contributed by atoms with Crippen molar-refractivity contribution in [1.29, 1.82) is 0 Å². The SMILES string of the molecule is CC1(C)CCN(C(=O)CC2(N)CCCC2)CC1. The fourth-order valence-corrected chi connectivity index (χ4v) is 3.03. The lowest BCUT2D eigenvalue weighted by molar-refractivity contribution is -0.134. The molecule has 2 aliphatic rings. The van der Waals surface area contributed by atoms with E-state index in [0.717, 1.165) is 38.8 Å². The molecule has 98 valence electrons. The van der Waals surface area contributed by atoms with Crippen LogP contribution in [0.3, 0.4) is 0 Å². The van der Waals surface area contributed by atoms with Gasteiger partial charge < -0.3 is 10.6 Å². The van der Waals surface area contributed by atoms with Gasteiger partial charge in [-0.05, 0) is 31.1 Å². The van der Waals surface area contributed by atoms with Gasteiger partial charge in [0.25, 0.3) is 0 Å². The van der Waals surface area contributed by atoms with E-state index < -0.39 is 0 Å². The Morgan fingerprint density at radius 1 is 1.12 bits per heavy atom. The molecule has 3 heteroatoms. The second-order valence-electron chi connectivity index (χ2n) is 6.79. The molecule has 0 atom stereocenters. The third-order valence-electron chi connectivity index (χ3n) is 4.57. The summed E-state index contributed by atoms with van der Waals surface area (Å²) in [6.07, 6.45) is 7.24. The zero-order valence-electron chi connectivity index (χ0n) is 11.3. The highest BCUT2D eigenvalue weighted by Crippen LogP contribution is 2.33. The monoisotopic (exact) mass is 238 g/mol. The van der Waals surface area contributed by atoms with Crippen LogP contribution < -0.4 is 5.73 Å². The first-order chi connectivity index (χ1) is 7.90. The van der Waals surface area contributed by atoms with Gasteiger partial charge in [0, 0.05) is 25.0 Å². The largest absolute Gasteiger partial charge is 0.343 e. The second kappa shape index (κ2) is 4.60. The molecular formula is C14H26N2O. The highest BCUT2D eigenvalue weighted by Gasteiger charge is 2.35. The van der Waals surface area contributed by atoms with Crippen molar-refractivity contribution in [2.45, 2.75) is 64.3 Å². The van der Waals surface area contributed by atoms with Gasteiger partial charge in [0.1, 0.15) is 0 Å². The van der Waals surface area contributed by atoms with E-state index in [1.54, 1.807) is 0 Å². The predicted molar refractivity (Wildman–Crippen MR) is 69.6 cm³/mol. The van der Waals surface area contributed by atoms with Crippen molar-refractivity contribution in [2.75, 3.05) is 13.1 Å². The average molecular weight is 238 g/mol. The van der Waals surface area contributed by atoms with Crippen molar-refractivity contribution in [1.82, 2.24) is 4.90 Å². The predicted octanol–water partition coefficient (Wildman–Crippen LogP) is 2.30. The number of hydrogen-bond donors (Lipinski definition) is 1. The summed E-state index contributed by atoms with van der Waals surface area (Å²) < 4.78 is 0. The molecule has 0 aromatic heterocycles. The molecule has 17 heavy (non-hydrogen) atoms. The van der Waals surface area contributed by atoms with Crippen LogP contribution >= 0.6 is 0 Å². The van der Waals surface area contributed by atoms with E-state index >= 15 is 0 Å². The number of piperidine rings is 1. The fraction of sp³-hybridized carbons (Fsp3) is 0.929. The molecule has 2 fully saturated rings. The maximum atomic E-state index is 12.2. The summed E-state index contributed by atoms with van der Waals surface area (Å²) in [6.45, 7) is 6.41. The molecule has 0 aromatic rings. The van der Waals surface area contributed by atoms with Crippen LogP contribution in [-0.4, -0.2) is 29.4 Å². The molecule has 3 nitrogen and oxygen atoms in total. The minimum Gasteiger partial charge on any atom is -0.343 e. The van der Waals surface area contributed by atoms with Gasteiger partial charge in [-0.2, -0.15) is 0 Å². The van der Waals surface area contributed by atoms with Crippen molar-refractivity contribution >= 4 is 5.91 Å². The van der Waals surface area contributed by atoms with Crippen molar-refractivity contribution < 1.29 is 4.79 Å². The first-order valence-electron chi connectivity index (χ1n) is 6.97. The van der Waals surface area contributed by atoms with Gasteiger partial charge in [-0.1, -0.05) is 26.7 Å². The molecule has 1 aliphatic heterocycles. The highest BCUT2D eigenvalue weighted by molar-refractivity contribution is 5.77.